The second-order valence-electron chi connectivity index (χ2n) is 3.14. The predicted molar refractivity (Wildman–Crippen MR) is 57.3 cm³/mol. The zero-order valence-electron chi connectivity index (χ0n) is 9.51. The van der Waals surface area contributed by atoms with Gasteiger partial charge in [-0.1, -0.05) is 0 Å². The number of ether oxygens (including phenoxy) is 2. The van der Waals surface area contributed by atoms with Gasteiger partial charge in [-0.05, 0) is 13.8 Å². The van der Waals surface area contributed by atoms with E-state index in [1.54, 1.807) is 20.1 Å². The molecule has 0 N–H and O–H groups in total. The number of carbonyl (C=O) groups excluding carboxylic acids is 2. The van der Waals surface area contributed by atoms with E-state index in [-0.39, 0.29) is 13.2 Å². The highest BCUT2D eigenvalue weighted by Crippen LogP contribution is 2.11. The van der Waals surface area contributed by atoms with Gasteiger partial charge in [-0.3, -0.25) is 9.89 Å². The maximum absolute atomic E-state index is 11.5. The number of hydrogen-bond donors (Lipinski definition) is 0. The van der Waals surface area contributed by atoms with Crippen molar-refractivity contribution in [3.8, 4) is 0 Å². The molecule has 0 aromatic heterocycles. The summed E-state index contributed by atoms with van der Waals surface area (Å²) in [5, 5.41) is 0. The van der Waals surface area contributed by atoms with E-state index in [4.69, 9.17) is 9.47 Å². The van der Waals surface area contributed by atoms with Gasteiger partial charge in [-0.25, -0.2) is 9.59 Å². The van der Waals surface area contributed by atoms with Crippen LogP contribution in [0.1, 0.15) is 20.3 Å². The molecule has 0 fully saturated rings. The molecule has 0 spiro atoms. The first kappa shape index (κ1) is 12.5. The van der Waals surface area contributed by atoms with Gasteiger partial charge in [0.15, 0.2) is 0 Å². The average Bonchev–Trinajstić information content (AvgIpc) is 2.30. The highest BCUT2D eigenvalue weighted by Gasteiger charge is 2.32. The average molecular weight is 228 g/mol. The molecule has 0 aromatic rings. The van der Waals surface area contributed by atoms with Crippen LogP contribution in [0.25, 0.3) is 0 Å². The van der Waals surface area contributed by atoms with Crippen molar-refractivity contribution in [1.82, 2.24) is 4.90 Å². The molecule has 0 aromatic carbocycles. The summed E-state index contributed by atoms with van der Waals surface area (Å²) in [4.78, 5) is 28.3. The molecule has 1 rings (SSSR count). The van der Waals surface area contributed by atoms with Crippen molar-refractivity contribution in [3.05, 3.63) is 0 Å². The Bertz CT molecular complexity index is 291. The topological polar surface area (TPSA) is 68.2 Å². The molecule has 1 atom stereocenters. The van der Waals surface area contributed by atoms with Crippen LogP contribution in [0.4, 0.5) is 4.79 Å². The quantitative estimate of drug-likeness (QED) is 0.670. The molecule has 0 saturated carbocycles. The number of nitrogens with zero attached hydrogens (tertiary/aromatic N) is 2. The molecule has 1 aliphatic rings. The molecule has 0 aliphatic carbocycles. The van der Waals surface area contributed by atoms with Gasteiger partial charge in [0.25, 0.3) is 0 Å². The Hall–Kier alpha value is -1.59. The third-order valence-electron chi connectivity index (χ3n) is 2.04. The molecule has 0 radical (unpaired) electrons. The van der Waals surface area contributed by atoms with Gasteiger partial charge in [0.1, 0.15) is 0 Å². The van der Waals surface area contributed by atoms with E-state index in [0.29, 0.717) is 13.0 Å². The fourth-order valence-electron chi connectivity index (χ4n) is 1.38. The number of esters is 1. The molecule has 1 unspecified atom stereocenters. The van der Waals surface area contributed by atoms with E-state index in [9.17, 15) is 9.59 Å². The lowest BCUT2D eigenvalue weighted by Gasteiger charge is -2.28. The van der Waals surface area contributed by atoms with Crippen LogP contribution in [-0.4, -0.2) is 49.1 Å². The van der Waals surface area contributed by atoms with E-state index >= 15 is 0 Å². The van der Waals surface area contributed by atoms with Gasteiger partial charge in [0.2, 0.25) is 6.17 Å². The fourth-order valence-corrected chi connectivity index (χ4v) is 1.38. The van der Waals surface area contributed by atoms with E-state index in [0.717, 1.165) is 0 Å². The first-order valence-corrected chi connectivity index (χ1v) is 5.32. The smallest absolute Gasteiger partial charge is 0.411 e. The Morgan fingerprint density at radius 3 is 2.69 bits per heavy atom. The Balaban J connectivity index is 2.70. The molecule has 0 saturated heterocycles. The van der Waals surface area contributed by atoms with Gasteiger partial charge in [-0.2, -0.15) is 0 Å². The van der Waals surface area contributed by atoms with E-state index in [1.165, 1.54) is 4.90 Å². The molecule has 1 aliphatic heterocycles. The largest absolute Gasteiger partial charge is 0.463 e. The van der Waals surface area contributed by atoms with E-state index in [2.05, 4.69) is 4.99 Å². The summed E-state index contributed by atoms with van der Waals surface area (Å²) in [7, 11) is 0. The minimum atomic E-state index is -0.896. The predicted octanol–water partition coefficient (Wildman–Crippen LogP) is 0.809. The first-order valence-electron chi connectivity index (χ1n) is 5.32. The zero-order valence-corrected chi connectivity index (χ0v) is 9.51. The van der Waals surface area contributed by atoms with Crippen molar-refractivity contribution in [2.75, 3.05) is 19.8 Å². The van der Waals surface area contributed by atoms with Crippen molar-refractivity contribution >= 4 is 18.3 Å². The van der Waals surface area contributed by atoms with Crippen molar-refractivity contribution in [2.24, 2.45) is 4.99 Å². The normalized spacial score (nSPS) is 19.4. The maximum atomic E-state index is 11.5. The van der Waals surface area contributed by atoms with Gasteiger partial charge < -0.3 is 9.47 Å². The van der Waals surface area contributed by atoms with Crippen molar-refractivity contribution < 1.29 is 19.1 Å². The summed E-state index contributed by atoms with van der Waals surface area (Å²) in [6, 6.07) is 0. The summed E-state index contributed by atoms with van der Waals surface area (Å²) in [6.07, 6.45) is 0.816. The molecule has 1 heterocycles. The fraction of sp³-hybridized carbons (Fsp3) is 0.700. The van der Waals surface area contributed by atoms with Gasteiger partial charge >= 0.3 is 12.1 Å². The Morgan fingerprint density at radius 2 is 2.06 bits per heavy atom. The molecule has 6 nitrogen and oxygen atoms in total. The summed E-state index contributed by atoms with van der Waals surface area (Å²) in [5.41, 5.74) is 0. The molecule has 0 bridgehead atoms. The van der Waals surface area contributed by atoms with E-state index in [1.807, 2.05) is 0 Å². The Kier molecular flexibility index (Phi) is 4.75. The minimum Gasteiger partial charge on any atom is -0.463 e. The number of aliphatic imine (C=N–C) groups is 1. The van der Waals surface area contributed by atoms with Crippen molar-refractivity contribution in [2.45, 2.75) is 26.4 Å². The highest BCUT2D eigenvalue weighted by atomic mass is 16.6. The lowest BCUT2D eigenvalue weighted by molar-refractivity contribution is -0.148. The second-order valence-corrected chi connectivity index (χ2v) is 3.14. The van der Waals surface area contributed by atoms with Crippen LogP contribution in [0.3, 0.4) is 0 Å². The molecule has 90 valence electrons. The van der Waals surface area contributed by atoms with Crippen LogP contribution in [0, 0.1) is 0 Å². The zero-order chi connectivity index (χ0) is 12.0. The molecular weight excluding hydrogens is 212 g/mol. The van der Waals surface area contributed by atoms with Crippen LogP contribution in [0.5, 0.6) is 0 Å². The van der Waals surface area contributed by atoms with Crippen molar-refractivity contribution in [3.63, 3.8) is 0 Å². The minimum absolute atomic E-state index is 0.265. The van der Waals surface area contributed by atoms with Crippen LogP contribution in [0.2, 0.25) is 0 Å². The monoisotopic (exact) mass is 228 g/mol. The Labute approximate surface area is 94.2 Å². The maximum Gasteiger partial charge on any atom is 0.411 e. The summed E-state index contributed by atoms with van der Waals surface area (Å²) >= 11 is 0. The second kappa shape index (κ2) is 6.09. The molecule has 16 heavy (non-hydrogen) atoms. The van der Waals surface area contributed by atoms with Crippen LogP contribution < -0.4 is 0 Å². The van der Waals surface area contributed by atoms with Gasteiger partial charge in [0.05, 0.1) is 13.2 Å². The van der Waals surface area contributed by atoms with Crippen LogP contribution in [-0.2, 0) is 14.3 Å². The van der Waals surface area contributed by atoms with Gasteiger partial charge in [-0.15, -0.1) is 0 Å². The first-order chi connectivity index (χ1) is 7.70. The van der Waals surface area contributed by atoms with E-state index < -0.39 is 18.2 Å². The van der Waals surface area contributed by atoms with Crippen LogP contribution >= 0.6 is 0 Å². The number of hydrogen-bond acceptors (Lipinski definition) is 5. The number of rotatable bonds is 3. The highest BCUT2D eigenvalue weighted by molar-refractivity contribution is 5.83. The molecule has 1 amide bonds. The molecular formula is C10H16N2O4. The third-order valence-corrected chi connectivity index (χ3v) is 2.04. The summed E-state index contributed by atoms with van der Waals surface area (Å²) in [5.74, 6) is -0.522. The number of carbonyl (C=O) groups is 2. The lowest BCUT2D eigenvalue weighted by Crippen LogP contribution is -2.47. The SMILES string of the molecule is CCOC(=O)C1N=CCCN1C(=O)OCC. The standard InChI is InChI=1S/C10H16N2O4/c1-3-15-9(13)8-11-6-5-7-12(8)10(14)16-4-2/h6,8H,3-5,7H2,1-2H3. The van der Waals surface area contributed by atoms with Gasteiger partial charge in [0, 0.05) is 19.2 Å². The number of amides is 1. The summed E-state index contributed by atoms with van der Waals surface area (Å²) < 4.78 is 9.68. The lowest BCUT2D eigenvalue weighted by atomic mass is 10.3. The Morgan fingerprint density at radius 1 is 1.38 bits per heavy atom. The summed E-state index contributed by atoms with van der Waals surface area (Å²) in [6.45, 7) is 4.38. The third kappa shape index (κ3) is 2.95. The van der Waals surface area contributed by atoms with Crippen molar-refractivity contribution in [1.29, 1.82) is 0 Å². The van der Waals surface area contributed by atoms with Crippen LogP contribution in [0.15, 0.2) is 4.99 Å². The molecule has 6 heteroatoms.